The predicted octanol–water partition coefficient (Wildman–Crippen LogP) is 2.75. The molecule has 2 rings (SSSR count). The van der Waals surface area contributed by atoms with Gasteiger partial charge in [0.05, 0.1) is 10.7 Å². The minimum atomic E-state index is 0.00129. The summed E-state index contributed by atoms with van der Waals surface area (Å²) in [5.74, 6) is 0.112. The summed E-state index contributed by atoms with van der Waals surface area (Å²) < 4.78 is 0. The summed E-state index contributed by atoms with van der Waals surface area (Å²) in [6, 6.07) is 5.57. The molecule has 0 aliphatic carbocycles. The van der Waals surface area contributed by atoms with Gasteiger partial charge < -0.3 is 15.1 Å². The third kappa shape index (κ3) is 4.13. The first-order valence-corrected chi connectivity index (χ1v) is 7.99. The first-order chi connectivity index (χ1) is 10.5. The Hall–Kier alpha value is -1.75. The van der Waals surface area contributed by atoms with Crippen LogP contribution >= 0.6 is 11.6 Å². The Kier molecular flexibility index (Phi) is 5.66. The van der Waals surface area contributed by atoms with Crippen LogP contribution in [-0.2, 0) is 9.59 Å². The highest BCUT2D eigenvalue weighted by molar-refractivity contribution is 6.33. The molecule has 1 aliphatic heterocycles. The molecule has 120 valence electrons. The Balaban J connectivity index is 2.01. The number of amides is 2. The number of hydrogen-bond acceptors (Lipinski definition) is 3. The van der Waals surface area contributed by atoms with Gasteiger partial charge in [-0.3, -0.25) is 9.59 Å². The van der Waals surface area contributed by atoms with Crippen LogP contribution in [0.4, 0.5) is 11.4 Å². The Bertz CT molecular complexity index is 554. The minimum Gasteiger partial charge on any atom is -0.367 e. The molecule has 0 radical (unpaired) electrons. The van der Waals surface area contributed by atoms with Crippen LogP contribution in [0.5, 0.6) is 0 Å². The first-order valence-electron chi connectivity index (χ1n) is 7.61. The predicted molar refractivity (Wildman–Crippen MR) is 89.5 cm³/mol. The van der Waals surface area contributed by atoms with Crippen molar-refractivity contribution in [2.24, 2.45) is 0 Å². The lowest BCUT2D eigenvalue weighted by Crippen LogP contribution is -2.48. The van der Waals surface area contributed by atoms with Crippen LogP contribution in [0.2, 0.25) is 5.02 Å². The van der Waals surface area contributed by atoms with E-state index in [2.05, 4.69) is 10.2 Å². The maximum absolute atomic E-state index is 11.6. The van der Waals surface area contributed by atoms with E-state index < -0.39 is 0 Å². The minimum absolute atomic E-state index is 0.00129. The van der Waals surface area contributed by atoms with Gasteiger partial charge >= 0.3 is 0 Å². The van der Waals surface area contributed by atoms with Gasteiger partial charge in [0.15, 0.2) is 0 Å². The van der Waals surface area contributed by atoms with Gasteiger partial charge in [0.1, 0.15) is 0 Å². The molecule has 0 spiro atoms. The molecule has 1 aliphatic rings. The highest BCUT2D eigenvalue weighted by atomic mass is 35.5. The van der Waals surface area contributed by atoms with E-state index in [9.17, 15) is 9.59 Å². The normalized spacial score (nSPS) is 14.9. The van der Waals surface area contributed by atoms with Crippen molar-refractivity contribution in [2.75, 3.05) is 36.4 Å². The average molecular weight is 324 g/mol. The van der Waals surface area contributed by atoms with Crippen LogP contribution in [0.3, 0.4) is 0 Å². The van der Waals surface area contributed by atoms with Gasteiger partial charge in [0, 0.05) is 45.2 Å². The molecule has 2 amide bonds. The molecule has 5 nitrogen and oxygen atoms in total. The number of anilines is 2. The fourth-order valence-electron chi connectivity index (χ4n) is 2.55. The van der Waals surface area contributed by atoms with Crippen LogP contribution in [0.1, 0.15) is 26.7 Å². The summed E-state index contributed by atoms with van der Waals surface area (Å²) in [5, 5.41) is 3.46. The smallest absolute Gasteiger partial charge is 0.224 e. The number of rotatable bonds is 4. The summed E-state index contributed by atoms with van der Waals surface area (Å²) in [6.07, 6.45) is 1.32. The summed E-state index contributed by atoms with van der Waals surface area (Å²) in [4.78, 5) is 27.0. The van der Waals surface area contributed by atoms with Crippen molar-refractivity contribution < 1.29 is 9.59 Å². The lowest BCUT2D eigenvalue weighted by Gasteiger charge is -2.36. The molecule has 0 saturated carbocycles. The number of hydrogen-bond donors (Lipinski definition) is 1. The van der Waals surface area contributed by atoms with E-state index >= 15 is 0 Å². The second-order valence-electron chi connectivity index (χ2n) is 5.46. The molecule has 1 aromatic carbocycles. The molecule has 1 aromatic rings. The standard InChI is InChI=1S/C16H22ClN3O2/c1-3-4-16(22)18-13-5-6-15(14(17)11-13)20-9-7-19(8-10-20)12(2)21/h5-6,11H,3-4,7-10H2,1-2H3,(H,18,22). The monoisotopic (exact) mass is 323 g/mol. The van der Waals surface area contributed by atoms with Gasteiger partial charge in [0.2, 0.25) is 11.8 Å². The van der Waals surface area contributed by atoms with Crippen molar-refractivity contribution >= 4 is 34.8 Å². The van der Waals surface area contributed by atoms with Gasteiger partial charge in [0.25, 0.3) is 0 Å². The first kappa shape index (κ1) is 16.6. The highest BCUT2D eigenvalue weighted by Crippen LogP contribution is 2.29. The quantitative estimate of drug-likeness (QED) is 0.927. The molecule has 0 atom stereocenters. The SMILES string of the molecule is CCCC(=O)Nc1ccc(N2CCN(C(C)=O)CC2)c(Cl)c1. The van der Waals surface area contributed by atoms with Gasteiger partial charge in [-0.25, -0.2) is 0 Å². The number of halogens is 1. The maximum Gasteiger partial charge on any atom is 0.224 e. The lowest BCUT2D eigenvalue weighted by atomic mass is 10.2. The van der Waals surface area contributed by atoms with Gasteiger partial charge in [-0.2, -0.15) is 0 Å². The second-order valence-corrected chi connectivity index (χ2v) is 5.86. The largest absolute Gasteiger partial charge is 0.367 e. The van der Waals surface area contributed by atoms with Crippen LogP contribution in [0, 0.1) is 0 Å². The van der Waals surface area contributed by atoms with Gasteiger partial charge in [-0.1, -0.05) is 18.5 Å². The van der Waals surface area contributed by atoms with E-state index in [0.717, 1.165) is 30.9 Å². The van der Waals surface area contributed by atoms with Crippen LogP contribution in [0.25, 0.3) is 0 Å². The topological polar surface area (TPSA) is 52.7 Å². The fourth-order valence-corrected chi connectivity index (χ4v) is 2.85. The number of benzene rings is 1. The highest BCUT2D eigenvalue weighted by Gasteiger charge is 2.20. The molecule has 1 N–H and O–H groups in total. The summed E-state index contributed by atoms with van der Waals surface area (Å²) in [5.41, 5.74) is 1.66. The lowest BCUT2D eigenvalue weighted by molar-refractivity contribution is -0.129. The molecular weight excluding hydrogens is 302 g/mol. The van der Waals surface area contributed by atoms with Gasteiger partial charge in [-0.15, -0.1) is 0 Å². The van der Waals surface area contributed by atoms with Crippen LogP contribution in [-0.4, -0.2) is 42.9 Å². The molecule has 6 heteroatoms. The summed E-state index contributed by atoms with van der Waals surface area (Å²) in [7, 11) is 0. The van der Waals surface area contributed by atoms with Crippen molar-refractivity contribution in [3.63, 3.8) is 0 Å². The van der Waals surface area contributed by atoms with Crippen molar-refractivity contribution in [2.45, 2.75) is 26.7 Å². The molecular formula is C16H22ClN3O2. The third-order valence-electron chi connectivity index (χ3n) is 3.77. The van der Waals surface area contributed by atoms with Crippen molar-refractivity contribution in [3.05, 3.63) is 23.2 Å². The number of nitrogens with one attached hydrogen (secondary N) is 1. The third-order valence-corrected chi connectivity index (χ3v) is 4.08. The molecule has 0 unspecified atom stereocenters. The fraction of sp³-hybridized carbons (Fsp3) is 0.500. The molecule has 0 bridgehead atoms. The van der Waals surface area contributed by atoms with Gasteiger partial charge in [-0.05, 0) is 24.6 Å². The van der Waals surface area contributed by atoms with Crippen LogP contribution in [0.15, 0.2) is 18.2 Å². The van der Waals surface area contributed by atoms with E-state index in [0.29, 0.717) is 24.5 Å². The van der Waals surface area contributed by atoms with E-state index in [1.54, 1.807) is 13.0 Å². The van der Waals surface area contributed by atoms with Crippen molar-refractivity contribution in [1.82, 2.24) is 4.90 Å². The Morgan fingerprint density at radius 3 is 2.45 bits per heavy atom. The number of nitrogens with zero attached hydrogens (tertiary/aromatic N) is 2. The summed E-state index contributed by atoms with van der Waals surface area (Å²) in [6.45, 7) is 6.51. The molecule has 1 fully saturated rings. The van der Waals surface area contributed by atoms with E-state index in [4.69, 9.17) is 11.6 Å². The van der Waals surface area contributed by atoms with Crippen LogP contribution < -0.4 is 10.2 Å². The zero-order valence-corrected chi connectivity index (χ0v) is 13.8. The average Bonchev–Trinajstić information content (AvgIpc) is 2.47. The van der Waals surface area contributed by atoms with E-state index in [-0.39, 0.29) is 11.8 Å². The van der Waals surface area contributed by atoms with Crippen molar-refractivity contribution in [3.8, 4) is 0 Å². The Morgan fingerprint density at radius 1 is 1.23 bits per heavy atom. The maximum atomic E-state index is 11.6. The molecule has 1 heterocycles. The second kappa shape index (κ2) is 7.49. The van der Waals surface area contributed by atoms with Crippen molar-refractivity contribution in [1.29, 1.82) is 0 Å². The Labute approximate surface area is 136 Å². The number of piperazine rings is 1. The molecule has 22 heavy (non-hydrogen) atoms. The molecule has 1 saturated heterocycles. The molecule has 0 aromatic heterocycles. The Morgan fingerprint density at radius 2 is 1.91 bits per heavy atom. The van der Waals surface area contributed by atoms with E-state index in [1.165, 1.54) is 0 Å². The van der Waals surface area contributed by atoms with E-state index in [1.807, 2.05) is 24.0 Å². The zero-order valence-electron chi connectivity index (χ0n) is 13.1. The number of carbonyl (C=O) groups excluding carboxylic acids is 2. The summed E-state index contributed by atoms with van der Waals surface area (Å²) >= 11 is 6.35. The zero-order chi connectivity index (χ0) is 16.1. The number of carbonyl (C=O) groups is 2.